The Labute approximate surface area is 49.8 Å². The van der Waals surface area contributed by atoms with Gasteiger partial charge in [0.2, 0.25) is 0 Å². The number of carbonyl (C=O) groups excluding carboxylic acids is 1. The fraction of sp³-hybridized carbons (Fsp3) is 0.667. The Morgan fingerprint density at radius 3 is 2.75 bits per heavy atom. The highest BCUT2D eigenvalue weighted by atomic mass is 16.5. The summed E-state index contributed by atoms with van der Waals surface area (Å²) in [6.45, 7) is 3.86. The molecule has 48 valence electrons. The molecule has 0 aliphatic heterocycles. The zero-order valence-electron chi connectivity index (χ0n) is 5.31. The molecule has 2 heteroatoms. The second-order valence-electron chi connectivity index (χ2n) is 1.50. The molecule has 0 saturated carbocycles. The topological polar surface area (TPSA) is 26.3 Å². The van der Waals surface area contributed by atoms with Crippen molar-refractivity contribution in [2.75, 3.05) is 6.61 Å². The Morgan fingerprint density at radius 2 is 2.38 bits per heavy atom. The lowest BCUT2D eigenvalue weighted by Gasteiger charge is -2.06. The highest BCUT2D eigenvalue weighted by Crippen LogP contribution is 1.85. The summed E-state index contributed by atoms with van der Waals surface area (Å²) >= 11 is 0. The Balaban J connectivity index is 2.82. The average Bonchev–Trinajstić information content (AvgIpc) is 1.66. The summed E-state index contributed by atoms with van der Waals surface area (Å²) in [5.74, 6) is -0.213. The maximum absolute atomic E-state index is 10.1. The zero-order chi connectivity index (χ0) is 6.41. The van der Waals surface area contributed by atoms with Crippen LogP contribution in [-0.2, 0) is 9.53 Å². The third kappa shape index (κ3) is 5.47. The Morgan fingerprint density at radius 1 is 1.75 bits per heavy atom. The van der Waals surface area contributed by atoms with E-state index in [2.05, 4.69) is 4.74 Å². The molecule has 0 aromatic rings. The molecule has 0 aliphatic carbocycles. The van der Waals surface area contributed by atoms with Crippen molar-refractivity contribution in [3.63, 3.8) is 0 Å². The van der Waals surface area contributed by atoms with Gasteiger partial charge >= 0.3 is 0 Å². The summed E-state index contributed by atoms with van der Waals surface area (Å²) in [7, 11) is 0. The molecule has 8 heavy (non-hydrogen) atoms. The molecule has 0 saturated heterocycles. The zero-order valence-corrected chi connectivity index (χ0v) is 5.31. The van der Waals surface area contributed by atoms with E-state index in [1.54, 1.807) is 0 Å². The van der Waals surface area contributed by atoms with E-state index in [0.29, 0.717) is 6.61 Å². The van der Waals surface area contributed by atoms with E-state index in [1.807, 2.05) is 13.3 Å². The van der Waals surface area contributed by atoms with E-state index in [4.69, 9.17) is 0 Å². The van der Waals surface area contributed by atoms with Gasteiger partial charge in [0.25, 0.3) is 5.97 Å². The monoisotopic (exact) mass is 115 g/mol. The third-order valence-corrected chi connectivity index (χ3v) is 0.693. The van der Waals surface area contributed by atoms with Crippen LogP contribution >= 0.6 is 0 Å². The van der Waals surface area contributed by atoms with E-state index >= 15 is 0 Å². The lowest BCUT2D eigenvalue weighted by molar-refractivity contribution is -0.140. The van der Waals surface area contributed by atoms with Gasteiger partial charge < -0.3 is 4.74 Å². The molecular formula is C6H11O2-. The quantitative estimate of drug-likeness (QED) is 0.313. The average molecular weight is 115 g/mol. The first kappa shape index (κ1) is 7.47. The largest absolute Gasteiger partial charge is 0.499 e. The van der Waals surface area contributed by atoms with Crippen LogP contribution < -0.4 is 0 Å². The van der Waals surface area contributed by atoms with Crippen molar-refractivity contribution in [1.82, 2.24) is 0 Å². The number of rotatable bonds is 3. The molecule has 2 nitrogen and oxygen atoms in total. The van der Waals surface area contributed by atoms with Crippen LogP contribution in [0, 0.1) is 6.42 Å². The first-order valence-corrected chi connectivity index (χ1v) is 2.72. The van der Waals surface area contributed by atoms with Crippen LogP contribution in [-0.4, -0.2) is 12.6 Å². The molecule has 0 bridgehead atoms. The van der Waals surface area contributed by atoms with Crippen LogP contribution in [0.1, 0.15) is 20.3 Å². The number of hydrogen-bond donors (Lipinski definition) is 0. The van der Waals surface area contributed by atoms with Crippen LogP contribution in [0.4, 0.5) is 0 Å². The van der Waals surface area contributed by atoms with Crippen molar-refractivity contribution >= 4 is 5.97 Å². The number of unbranched alkanes of at least 4 members (excludes halogenated alkanes) is 1. The number of hydrogen-bond acceptors (Lipinski definition) is 2. The molecule has 0 atom stereocenters. The van der Waals surface area contributed by atoms with E-state index in [9.17, 15) is 4.79 Å². The normalized spacial score (nSPS) is 8.75. The van der Waals surface area contributed by atoms with Crippen molar-refractivity contribution in [2.24, 2.45) is 0 Å². The Hall–Kier alpha value is -0.530. The van der Waals surface area contributed by atoms with Gasteiger partial charge in [0.15, 0.2) is 0 Å². The molecule has 0 amide bonds. The van der Waals surface area contributed by atoms with Gasteiger partial charge in [0.05, 0.1) is 0 Å². The molecule has 0 unspecified atom stereocenters. The minimum atomic E-state index is -0.213. The van der Waals surface area contributed by atoms with Crippen LogP contribution in [0.15, 0.2) is 0 Å². The highest BCUT2D eigenvalue weighted by Gasteiger charge is 1.81. The van der Waals surface area contributed by atoms with Gasteiger partial charge in [-0.3, -0.25) is 11.2 Å². The van der Waals surface area contributed by atoms with Gasteiger partial charge in [-0.25, -0.2) is 0 Å². The summed E-state index contributed by atoms with van der Waals surface area (Å²) in [6, 6.07) is 0. The lowest BCUT2D eigenvalue weighted by atomic mass is 10.4. The summed E-state index contributed by atoms with van der Waals surface area (Å²) in [4.78, 5) is 10.1. The molecule has 0 heterocycles. The molecule has 0 aromatic carbocycles. The molecule has 0 spiro atoms. The minimum absolute atomic E-state index is 0.213. The lowest BCUT2D eigenvalue weighted by Crippen LogP contribution is -1.99. The fourth-order valence-electron chi connectivity index (χ4n) is 0.294. The predicted molar refractivity (Wildman–Crippen MR) is 31.2 cm³/mol. The number of ether oxygens (including phenoxy) is 1. The maximum Gasteiger partial charge on any atom is 0.300 e. The highest BCUT2D eigenvalue weighted by molar-refractivity contribution is 5.65. The van der Waals surface area contributed by atoms with Crippen LogP contribution in [0.2, 0.25) is 0 Å². The van der Waals surface area contributed by atoms with Gasteiger partial charge in [-0.1, -0.05) is 6.92 Å². The summed E-state index contributed by atoms with van der Waals surface area (Å²) < 4.78 is 4.59. The van der Waals surface area contributed by atoms with Gasteiger partial charge in [-0.05, 0) is 6.61 Å². The van der Waals surface area contributed by atoms with Crippen LogP contribution in [0.5, 0.6) is 0 Å². The first-order valence-electron chi connectivity index (χ1n) is 2.72. The Bertz CT molecular complexity index is 68.9. The molecule has 0 N–H and O–H groups in total. The van der Waals surface area contributed by atoms with Crippen molar-refractivity contribution in [1.29, 1.82) is 0 Å². The van der Waals surface area contributed by atoms with Crippen LogP contribution in [0.25, 0.3) is 0 Å². The van der Waals surface area contributed by atoms with E-state index in [0.717, 1.165) is 6.42 Å². The molecule has 0 rings (SSSR count). The molecule has 0 fully saturated rings. The molecule has 0 aliphatic rings. The standard InChI is InChI=1S/C6H11O2/c1-3-4-5-8-6(2)7/h4H,3,5H2,1-2H3/q-1. The van der Waals surface area contributed by atoms with Crippen LogP contribution in [0.3, 0.4) is 0 Å². The summed E-state index contributed by atoms with van der Waals surface area (Å²) in [6.07, 6.45) is 2.86. The van der Waals surface area contributed by atoms with Crippen molar-refractivity contribution in [3.8, 4) is 0 Å². The molecule has 0 aromatic heterocycles. The van der Waals surface area contributed by atoms with Gasteiger partial charge in [0.1, 0.15) is 0 Å². The number of esters is 1. The summed E-state index contributed by atoms with van der Waals surface area (Å²) in [5.41, 5.74) is 0. The maximum atomic E-state index is 10.1. The smallest absolute Gasteiger partial charge is 0.300 e. The van der Waals surface area contributed by atoms with Gasteiger partial charge in [0, 0.05) is 6.92 Å². The number of carbonyl (C=O) groups is 1. The second-order valence-corrected chi connectivity index (χ2v) is 1.50. The fourth-order valence-corrected chi connectivity index (χ4v) is 0.294. The van der Waals surface area contributed by atoms with Gasteiger partial charge in [-0.15, -0.1) is 0 Å². The van der Waals surface area contributed by atoms with Gasteiger partial charge in [-0.2, -0.15) is 6.42 Å². The van der Waals surface area contributed by atoms with E-state index in [1.165, 1.54) is 6.92 Å². The Kier molecular flexibility index (Phi) is 4.32. The molecular weight excluding hydrogens is 104 g/mol. The van der Waals surface area contributed by atoms with Crippen molar-refractivity contribution in [3.05, 3.63) is 6.42 Å². The van der Waals surface area contributed by atoms with E-state index < -0.39 is 0 Å². The third-order valence-electron chi connectivity index (χ3n) is 0.693. The van der Waals surface area contributed by atoms with Crippen molar-refractivity contribution in [2.45, 2.75) is 20.3 Å². The van der Waals surface area contributed by atoms with Crippen molar-refractivity contribution < 1.29 is 9.53 Å². The van der Waals surface area contributed by atoms with E-state index in [-0.39, 0.29) is 5.97 Å². The predicted octanol–water partition coefficient (Wildman–Crippen LogP) is 1.16. The second kappa shape index (κ2) is 4.62. The SMILES string of the molecule is CC[CH-]COC(C)=O. The molecule has 0 radical (unpaired) electrons. The first-order chi connectivity index (χ1) is 3.77. The summed E-state index contributed by atoms with van der Waals surface area (Å²) in [5, 5.41) is 0. The minimum Gasteiger partial charge on any atom is -0.499 e.